The first-order valence-electron chi connectivity index (χ1n) is 9.27. The molecular formula is C18H32N4. The Hall–Kier alpha value is -0.900. The molecule has 1 aromatic rings. The second kappa shape index (κ2) is 7.12. The number of aromatic nitrogens is 3. The normalized spacial score (nSPS) is 24.5. The van der Waals surface area contributed by atoms with Gasteiger partial charge in [-0.3, -0.25) is 4.90 Å². The standard InChI is InChI=1S/C18H32N4/c1-14(2)12-16-10-5-4-6-11-22(16)13-17-19-20-18(21(17)3)15-8-7-9-15/h14-16H,4-13H2,1-3H3/t16-/m1/s1. The molecule has 1 saturated heterocycles. The topological polar surface area (TPSA) is 34.0 Å². The average molecular weight is 304 g/mol. The lowest BCUT2D eigenvalue weighted by atomic mass is 9.85. The molecule has 3 rings (SSSR count). The zero-order chi connectivity index (χ0) is 15.5. The summed E-state index contributed by atoms with van der Waals surface area (Å²) in [4.78, 5) is 2.68. The highest BCUT2D eigenvalue weighted by Gasteiger charge is 2.27. The summed E-state index contributed by atoms with van der Waals surface area (Å²) in [6.45, 7) is 6.90. The Balaban J connectivity index is 1.70. The molecule has 0 bridgehead atoms. The van der Waals surface area contributed by atoms with E-state index in [1.807, 2.05) is 0 Å². The molecule has 1 aliphatic carbocycles. The van der Waals surface area contributed by atoms with Crippen LogP contribution in [0, 0.1) is 5.92 Å². The highest BCUT2D eigenvalue weighted by atomic mass is 15.3. The highest BCUT2D eigenvalue weighted by Crippen LogP contribution is 2.35. The van der Waals surface area contributed by atoms with Crippen LogP contribution in [0.5, 0.6) is 0 Å². The van der Waals surface area contributed by atoms with Gasteiger partial charge in [0.25, 0.3) is 0 Å². The van der Waals surface area contributed by atoms with Crippen molar-refractivity contribution < 1.29 is 0 Å². The molecule has 22 heavy (non-hydrogen) atoms. The van der Waals surface area contributed by atoms with Crippen LogP contribution in [-0.4, -0.2) is 32.3 Å². The lowest BCUT2D eigenvalue weighted by molar-refractivity contribution is 0.162. The van der Waals surface area contributed by atoms with Gasteiger partial charge in [0, 0.05) is 19.0 Å². The largest absolute Gasteiger partial charge is 0.317 e. The van der Waals surface area contributed by atoms with Gasteiger partial charge in [-0.2, -0.15) is 0 Å². The number of nitrogens with zero attached hydrogens (tertiary/aromatic N) is 4. The van der Waals surface area contributed by atoms with Crippen LogP contribution < -0.4 is 0 Å². The minimum Gasteiger partial charge on any atom is -0.317 e. The van der Waals surface area contributed by atoms with E-state index in [1.165, 1.54) is 63.7 Å². The maximum Gasteiger partial charge on any atom is 0.146 e. The van der Waals surface area contributed by atoms with Crippen molar-refractivity contribution in [2.75, 3.05) is 6.54 Å². The molecule has 0 spiro atoms. The summed E-state index contributed by atoms with van der Waals surface area (Å²) in [5.74, 6) is 3.83. The second-order valence-electron chi connectivity index (χ2n) is 7.76. The summed E-state index contributed by atoms with van der Waals surface area (Å²) in [5.41, 5.74) is 0. The molecule has 2 heterocycles. The first-order chi connectivity index (χ1) is 10.6. The van der Waals surface area contributed by atoms with Crippen molar-refractivity contribution in [2.45, 2.75) is 83.7 Å². The molecule has 4 heteroatoms. The second-order valence-corrected chi connectivity index (χ2v) is 7.76. The third kappa shape index (κ3) is 3.53. The molecule has 0 radical (unpaired) electrons. The lowest BCUT2D eigenvalue weighted by Gasteiger charge is -2.31. The third-order valence-electron chi connectivity index (χ3n) is 5.56. The Labute approximate surface area is 135 Å². The third-order valence-corrected chi connectivity index (χ3v) is 5.56. The van der Waals surface area contributed by atoms with Gasteiger partial charge in [0.1, 0.15) is 11.6 Å². The highest BCUT2D eigenvalue weighted by molar-refractivity contribution is 5.05. The quantitative estimate of drug-likeness (QED) is 0.828. The van der Waals surface area contributed by atoms with Gasteiger partial charge in [-0.25, -0.2) is 0 Å². The van der Waals surface area contributed by atoms with Gasteiger partial charge in [-0.1, -0.05) is 33.1 Å². The summed E-state index contributed by atoms with van der Waals surface area (Å²) in [6.07, 6.45) is 10.7. The zero-order valence-corrected chi connectivity index (χ0v) is 14.6. The molecule has 1 atom stereocenters. The molecule has 4 nitrogen and oxygen atoms in total. The van der Waals surface area contributed by atoms with E-state index in [9.17, 15) is 0 Å². The summed E-state index contributed by atoms with van der Waals surface area (Å²) < 4.78 is 2.28. The molecule has 1 saturated carbocycles. The van der Waals surface area contributed by atoms with Gasteiger partial charge in [0.2, 0.25) is 0 Å². The van der Waals surface area contributed by atoms with Crippen LogP contribution in [0.2, 0.25) is 0 Å². The van der Waals surface area contributed by atoms with Crippen molar-refractivity contribution in [3.8, 4) is 0 Å². The predicted octanol–water partition coefficient (Wildman–Crippen LogP) is 3.87. The molecule has 1 aromatic heterocycles. The SMILES string of the molecule is CC(C)C[C@H]1CCCCCN1Cc1nnc(C2CCC2)n1C. The summed E-state index contributed by atoms with van der Waals surface area (Å²) >= 11 is 0. The predicted molar refractivity (Wildman–Crippen MR) is 89.7 cm³/mol. The minimum absolute atomic E-state index is 0.668. The van der Waals surface area contributed by atoms with Crippen LogP contribution in [0.1, 0.15) is 82.8 Å². The van der Waals surface area contributed by atoms with Crippen LogP contribution in [0.4, 0.5) is 0 Å². The molecule has 0 aromatic carbocycles. The van der Waals surface area contributed by atoms with Crippen LogP contribution in [0.25, 0.3) is 0 Å². The van der Waals surface area contributed by atoms with Crippen molar-refractivity contribution in [1.29, 1.82) is 0 Å². The van der Waals surface area contributed by atoms with Gasteiger partial charge in [0.15, 0.2) is 0 Å². The smallest absolute Gasteiger partial charge is 0.146 e. The van der Waals surface area contributed by atoms with E-state index in [1.54, 1.807) is 0 Å². The fraction of sp³-hybridized carbons (Fsp3) is 0.889. The Bertz CT molecular complexity index is 475. The number of likely N-dealkylation sites (tertiary alicyclic amines) is 1. The van der Waals surface area contributed by atoms with Crippen LogP contribution in [-0.2, 0) is 13.6 Å². The number of hydrogen-bond acceptors (Lipinski definition) is 3. The van der Waals surface area contributed by atoms with Crippen LogP contribution in [0.15, 0.2) is 0 Å². The van der Waals surface area contributed by atoms with E-state index < -0.39 is 0 Å². The number of rotatable bonds is 5. The summed E-state index contributed by atoms with van der Waals surface area (Å²) in [5, 5.41) is 9.03. The van der Waals surface area contributed by atoms with Crippen molar-refractivity contribution in [3.63, 3.8) is 0 Å². The fourth-order valence-electron chi connectivity index (χ4n) is 3.97. The molecule has 1 aliphatic heterocycles. The maximum absolute atomic E-state index is 4.53. The van der Waals surface area contributed by atoms with E-state index in [0.717, 1.165) is 24.3 Å². The Morgan fingerprint density at radius 3 is 2.55 bits per heavy atom. The van der Waals surface area contributed by atoms with E-state index in [4.69, 9.17) is 0 Å². The average Bonchev–Trinajstić information content (AvgIpc) is 2.63. The van der Waals surface area contributed by atoms with Crippen molar-refractivity contribution in [1.82, 2.24) is 19.7 Å². The van der Waals surface area contributed by atoms with Gasteiger partial charge in [0.05, 0.1) is 6.54 Å². The minimum atomic E-state index is 0.668. The van der Waals surface area contributed by atoms with Gasteiger partial charge >= 0.3 is 0 Å². The lowest BCUT2D eigenvalue weighted by Crippen LogP contribution is -2.36. The molecule has 2 aliphatic rings. The Morgan fingerprint density at radius 2 is 1.86 bits per heavy atom. The molecular weight excluding hydrogens is 272 g/mol. The zero-order valence-electron chi connectivity index (χ0n) is 14.6. The van der Waals surface area contributed by atoms with E-state index in [-0.39, 0.29) is 0 Å². The molecule has 2 fully saturated rings. The molecule has 0 N–H and O–H groups in total. The Kier molecular flexibility index (Phi) is 5.17. The molecule has 0 amide bonds. The van der Waals surface area contributed by atoms with E-state index in [2.05, 4.69) is 40.6 Å². The maximum atomic E-state index is 4.53. The van der Waals surface area contributed by atoms with E-state index >= 15 is 0 Å². The van der Waals surface area contributed by atoms with Crippen molar-refractivity contribution in [3.05, 3.63) is 11.6 Å². The van der Waals surface area contributed by atoms with Gasteiger partial charge < -0.3 is 4.57 Å². The Morgan fingerprint density at radius 1 is 1.05 bits per heavy atom. The fourth-order valence-corrected chi connectivity index (χ4v) is 3.97. The van der Waals surface area contributed by atoms with Crippen LogP contribution >= 0.6 is 0 Å². The van der Waals surface area contributed by atoms with Crippen LogP contribution in [0.3, 0.4) is 0 Å². The summed E-state index contributed by atoms with van der Waals surface area (Å²) in [7, 11) is 2.16. The van der Waals surface area contributed by atoms with Crippen molar-refractivity contribution in [2.24, 2.45) is 13.0 Å². The monoisotopic (exact) mass is 304 g/mol. The summed E-state index contributed by atoms with van der Waals surface area (Å²) in [6, 6.07) is 0.728. The number of hydrogen-bond donors (Lipinski definition) is 0. The van der Waals surface area contributed by atoms with Gasteiger partial charge in [-0.15, -0.1) is 10.2 Å². The molecule has 0 unspecified atom stereocenters. The van der Waals surface area contributed by atoms with Gasteiger partial charge in [-0.05, 0) is 44.6 Å². The van der Waals surface area contributed by atoms with E-state index in [0.29, 0.717) is 5.92 Å². The first kappa shape index (κ1) is 16.0. The first-order valence-corrected chi connectivity index (χ1v) is 9.27. The molecule has 124 valence electrons. The van der Waals surface area contributed by atoms with Crippen molar-refractivity contribution >= 4 is 0 Å².